The normalized spacial score (nSPS) is 12.2. The van der Waals surface area contributed by atoms with Crippen LogP contribution in [0.15, 0.2) is 12.7 Å². The molecule has 0 aromatic rings. The van der Waals surface area contributed by atoms with E-state index >= 15 is 0 Å². The molecule has 0 aliphatic rings. The first-order valence-corrected chi connectivity index (χ1v) is 4.65. The Morgan fingerprint density at radius 2 is 2.23 bits per heavy atom. The molecule has 1 N–H and O–H groups in total. The largest absolute Gasteiger partial charge is 0.347 e. The lowest BCUT2D eigenvalue weighted by Crippen LogP contribution is -2.41. The van der Waals surface area contributed by atoms with Crippen molar-refractivity contribution in [3.63, 3.8) is 0 Å². The third-order valence-electron chi connectivity index (χ3n) is 1.85. The Labute approximate surface area is 80.8 Å². The standard InChI is InChI=1S/C10H20N2O/c1-5-6-7-8-11-9(2)10(13)12(3)4/h5,9,11H,1,6-8H2,2-4H3. The number of hydrogen-bond acceptors (Lipinski definition) is 2. The SMILES string of the molecule is C=CCCCNC(C)C(=O)N(C)C. The third-order valence-corrected chi connectivity index (χ3v) is 1.85. The molecule has 0 bridgehead atoms. The highest BCUT2D eigenvalue weighted by Gasteiger charge is 2.12. The topological polar surface area (TPSA) is 32.3 Å². The summed E-state index contributed by atoms with van der Waals surface area (Å²) in [6, 6.07) is -0.0835. The van der Waals surface area contributed by atoms with Gasteiger partial charge in [-0.05, 0) is 26.3 Å². The van der Waals surface area contributed by atoms with Gasteiger partial charge in [-0.15, -0.1) is 6.58 Å². The van der Waals surface area contributed by atoms with Crippen LogP contribution in [-0.4, -0.2) is 37.5 Å². The number of unbranched alkanes of at least 4 members (excludes halogenated alkanes) is 1. The second-order valence-electron chi connectivity index (χ2n) is 3.34. The van der Waals surface area contributed by atoms with E-state index in [0.29, 0.717) is 0 Å². The molecule has 0 aromatic carbocycles. The number of allylic oxidation sites excluding steroid dienone is 1. The summed E-state index contributed by atoms with van der Waals surface area (Å²) in [5.74, 6) is 0.124. The van der Waals surface area contributed by atoms with Crippen molar-refractivity contribution in [2.24, 2.45) is 0 Å². The molecule has 1 unspecified atom stereocenters. The zero-order valence-corrected chi connectivity index (χ0v) is 8.84. The summed E-state index contributed by atoms with van der Waals surface area (Å²) in [6.07, 6.45) is 3.92. The van der Waals surface area contributed by atoms with Crippen molar-refractivity contribution in [1.29, 1.82) is 0 Å². The molecule has 0 saturated heterocycles. The van der Waals surface area contributed by atoms with Gasteiger partial charge in [-0.2, -0.15) is 0 Å². The maximum atomic E-state index is 11.3. The van der Waals surface area contributed by atoms with E-state index in [9.17, 15) is 4.79 Å². The first kappa shape index (κ1) is 12.2. The van der Waals surface area contributed by atoms with Crippen LogP contribution in [0.3, 0.4) is 0 Å². The summed E-state index contributed by atoms with van der Waals surface area (Å²) in [5.41, 5.74) is 0. The average Bonchev–Trinajstić information content (AvgIpc) is 2.10. The molecule has 0 radical (unpaired) electrons. The van der Waals surface area contributed by atoms with Gasteiger partial charge in [-0.1, -0.05) is 6.08 Å². The second kappa shape index (κ2) is 6.66. The fourth-order valence-electron chi connectivity index (χ4n) is 1.04. The van der Waals surface area contributed by atoms with E-state index in [1.807, 2.05) is 13.0 Å². The molecule has 3 nitrogen and oxygen atoms in total. The Bertz CT molecular complexity index is 166. The first-order valence-electron chi connectivity index (χ1n) is 4.65. The Balaban J connectivity index is 3.55. The Morgan fingerprint density at radius 1 is 1.62 bits per heavy atom. The second-order valence-corrected chi connectivity index (χ2v) is 3.34. The van der Waals surface area contributed by atoms with Gasteiger partial charge in [-0.3, -0.25) is 4.79 Å². The molecule has 1 amide bonds. The van der Waals surface area contributed by atoms with Gasteiger partial charge < -0.3 is 10.2 Å². The fourth-order valence-corrected chi connectivity index (χ4v) is 1.04. The summed E-state index contributed by atoms with van der Waals surface area (Å²) >= 11 is 0. The first-order chi connectivity index (χ1) is 6.09. The number of rotatable bonds is 6. The minimum absolute atomic E-state index is 0.0835. The van der Waals surface area contributed by atoms with E-state index in [0.717, 1.165) is 19.4 Å². The van der Waals surface area contributed by atoms with Crippen LogP contribution < -0.4 is 5.32 Å². The minimum Gasteiger partial charge on any atom is -0.347 e. The molecule has 0 aliphatic carbocycles. The Kier molecular flexibility index (Phi) is 6.24. The molecule has 3 heteroatoms. The molecule has 0 aromatic heterocycles. The van der Waals surface area contributed by atoms with Crippen LogP contribution in [-0.2, 0) is 4.79 Å². The number of carbonyl (C=O) groups is 1. The van der Waals surface area contributed by atoms with Crippen LogP contribution in [0.1, 0.15) is 19.8 Å². The summed E-state index contributed by atoms with van der Waals surface area (Å²) in [7, 11) is 3.54. The monoisotopic (exact) mass is 184 g/mol. The number of nitrogens with zero attached hydrogens (tertiary/aromatic N) is 1. The van der Waals surface area contributed by atoms with Crippen LogP contribution in [0.25, 0.3) is 0 Å². The van der Waals surface area contributed by atoms with Crippen molar-refractivity contribution < 1.29 is 4.79 Å². The molecule has 76 valence electrons. The van der Waals surface area contributed by atoms with Crippen molar-refractivity contribution in [2.45, 2.75) is 25.8 Å². The van der Waals surface area contributed by atoms with Gasteiger partial charge in [0.1, 0.15) is 0 Å². The maximum Gasteiger partial charge on any atom is 0.238 e. The number of likely N-dealkylation sites (N-methyl/N-ethyl adjacent to an activating group) is 1. The molecule has 0 heterocycles. The van der Waals surface area contributed by atoms with E-state index < -0.39 is 0 Å². The van der Waals surface area contributed by atoms with Crippen molar-refractivity contribution in [3.05, 3.63) is 12.7 Å². The van der Waals surface area contributed by atoms with Crippen LogP contribution in [0.4, 0.5) is 0 Å². The van der Waals surface area contributed by atoms with Crippen LogP contribution in [0.5, 0.6) is 0 Å². The highest BCUT2D eigenvalue weighted by Crippen LogP contribution is 1.91. The van der Waals surface area contributed by atoms with Gasteiger partial charge in [0.05, 0.1) is 6.04 Å². The van der Waals surface area contributed by atoms with Gasteiger partial charge in [-0.25, -0.2) is 0 Å². The minimum atomic E-state index is -0.0835. The van der Waals surface area contributed by atoms with Crippen molar-refractivity contribution in [2.75, 3.05) is 20.6 Å². The van der Waals surface area contributed by atoms with Crippen molar-refractivity contribution >= 4 is 5.91 Å². The zero-order valence-electron chi connectivity index (χ0n) is 8.84. The number of nitrogens with one attached hydrogen (secondary N) is 1. The molecule has 0 fully saturated rings. The van der Waals surface area contributed by atoms with E-state index in [1.165, 1.54) is 0 Å². The molecule has 13 heavy (non-hydrogen) atoms. The highest BCUT2D eigenvalue weighted by molar-refractivity contribution is 5.80. The van der Waals surface area contributed by atoms with E-state index in [-0.39, 0.29) is 11.9 Å². The maximum absolute atomic E-state index is 11.3. The molecular formula is C10H20N2O. The number of carbonyl (C=O) groups excluding carboxylic acids is 1. The number of amides is 1. The number of hydrogen-bond donors (Lipinski definition) is 1. The predicted molar refractivity (Wildman–Crippen MR) is 55.6 cm³/mol. The van der Waals surface area contributed by atoms with Crippen molar-refractivity contribution in [1.82, 2.24) is 10.2 Å². The fraction of sp³-hybridized carbons (Fsp3) is 0.700. The van der Waals surface area contributed by atoms with Gasteiger partial charge in [0, 0.05) is 14.1 Å². The van der Waals surface area contributed by atoms with Crippen LogP contribution in [0, 0.1) is 0 Å². The smallest absolute Gasteiger partial charge is 0.238 e. The summed E-state index contributed by atoms with van der Waals surface area (Å²) in [6.45, 7) is 6.39. The van der Waals surface area contributed by atoms with Gasteiger partial charge in [0.2, 0.25) is 5.91 Å². The van der Waals surface area contributed by atoms with E-state index in [2.05, 4.69) is 11.9 Å². The molecule has 0 rings (SSSR count). The van der Waals surface area contributed by atoms with E-state index in [1.54, 1.807) is 19.0 Å². The summed E-state index contributed by atoms with van der Waals surface area (Å²) < 4.78 is 0. The molecule has 1 atom stereocenters. The molecule has 0 saturated carbocycles. The Morgan fingerprint density at radius 3 is 2.69 bits per heavy atom. The highest BCUT2D eigenvalue weighted by atomic mass is 16.2. The third kappa shape index (κ3) is 5.42. The van der Waals surface area contributed by atoms with E-state index in [4.69, 9.17) is 0 Å². The summed E-state index contributed by atoms with van der Waals surface area (Å²) in [4.78, 5) is 13.0. The lowest BCUT2D eigenvalue weighted by atomic mass is 10.2. The predicted octanol–water partition coefficient (Wildman–Crippen LogP) is 1.02. The lowest BCUT2D eigenvalue weighted by Gasteiger charge is -2.17. The molecule has 0 spiro atoms. The van der Waals surface area contributed by atoms with Gasteiger partial charge in [0.15, 0.2) is 0 Å². The molecular weight excluding hydrogens is 164 g/mol. The Hall–Kier alpha value is -0.830. The summed E-state index contributed by atoms with van der Waals surface area (Å²) in [5, 5.41) is 3.16. The van der Waals surface area contributed by atoms with Gasteiger partial charge >= 0.3 is 0 Å². The lowest BCUT2D eigenvalue weighted by molar-refractivity contribution is -0.130. The average molecular weight is 184 g/mol. The quantitative estimate of drug-likeness (QED) is 0.494. The van der Waals surface area contributed by atoms with Gasteiger partial charge in [0.25, 0.3) is 0 Å². The van der Waals surface area contributed by atoms with Crippen LogP contribution >= 0.6 is 0 Å². The van der Waals surface area contributed by atoms with Crippen LogP contribution in [0.2, 0.25) is 0 Å². The van der Waals surface area contributed by atoms with Crippen molar-refractivity contribution in [3.8, 4) is 0 Å². The zero-order chi connectivity index (χ0) is 10.3. The molecule has 0 aliphatic heterocycles.